The van der Waals surface area contributed by atoms with Crippen LogP contribution in [-0.2, 0) is 0 Å². The second-order valence-electron chi connectivity index (χ2n) is 3.93. The Hall–Kier alpha value is -1.12. The van der Waals surface area contributed by atoms with Crippen molar-refractivity contribution in [3.8, 4) is 0 Å². The first-order valence-corrected chi connectivity index (χ1v) is 6.32. The fraction of sp³-hybridized carbons (Fsp3) is 0.0667. The van der Waals surface area contributed by atoms with Crippen molar-refractivity contribution < 1.29 is 0 Å². The summed E-state index contributed by atoms with van der Waals surface area (Å²) in [6.07, 6.45) is 0. The normalized spacial score (nSPS) is 12.2. The van der Waals surface area contributed by atoms with Crippen LogP contribution < -0.4 is 0 Å². The van der Waals surface area contributed by atoms with Gasteiger partial charge in [-0.3, -0.25) is 0 Å². The Morgan fingerprint density at radius 3 is 2.00 bits per heavy atom. The van der Waals surface area contributed by atoms with Gasteiger partial charge in [-0.15, -0.1) is 25.3 Å². The maximum Gasteiger partial charge on any atom is 0.0253 e. The fourth-order valence-corrected chi connectivity index (χ4v) is 2.21. The topological polar surface area (TPSA) is 0 Å². The summed E-state index contributed by atoms with van der Waals surface area (Å²) in [6, 6.07) is 18.3. The molecule has 0 aliphatic heterocycles. The molecule has 2 aromatic rings. The molecule has 0 heterocycles. The Bertz CT molecular complexity index is 542. The van der Waals surface area contributed by atoms with E-state index in [4.69, 9.17) is 0 Å². The van der Waals surface area contributed by atoms with E-state index in [1.54, 1.807) is 0 Å². The van der Waals surface area contributed by atoms with Crippen molar-refractivity contribution in [1.29, 1.82) is 0 Å². The third kappa shape index (κ3) is 2.96. The molecular weight excluding hydrogens is 244 g/mol. The fourth-order valence-electron chi connectivity index (χ4n) is 1.66. The highest BCUT2D eigenvalue weighted by molar-refractivity contribution is 7.96. The average Bonchev–Trinajstić information content (AvgIpc) is 2.38. The molecule has 0 bridgehead atoms. The molecule has 0 atom stereocenters. The SMILES string of the molecule is Cc1cccc(C(S)=C(S)c2ccccc2)c1. The predicted octanol–water partition coefficient (Wildman–Crippen LogP) is 4.68. The van der Waals surface area contributed by atoms with E-state index in [0.29, 0.717) is 0 Å². The summed E-state index contributed by atoms with van der Waals surface area (Å²) >= 11 is 9.14. The summed E-state index contributed by atoms with van der Waals surface area (Å²) in [6.45, 7) is 2.07. The molecule has 17 heavy (non-hydrogen) atoms. The van der Waals surface area contributed by atoms with Crippen LogP contribution in [0.4, 0.5) is 0 Å². The predicted molar refractivity (Wildman–Crippen MR) is 82.4 cm³/mol. The maximum atomic E-state index is 4.58. The van der Waals surface area contributed by atoms with Gasteiger partial charge in [0.25, 0.3) is 0 Å². The van der Waals surface area contributed by atoms with E-state index in [-0.39, 0.29) is 0 Å². The van der Waals surface area contributed by atoms with Crippen LogP contribution in [-0.4, -0.2) is 0 Å². The second kappa shape index (κ2) is 5.48. The van der Waals surface area contributed by atoms with Gasteiger partial charge in [-0.05, 0) is 18.1 Å². The Balaban J connectivity index is 2.45. The van der Waals surface area contributed by atoms with E-state index in [1.807, 2.05) is 36.4 Å². The van der Waals surface area contributed by atoms with Crippen LogP contribution >= 0.6 is 25.3 Å². The monoisotopic (exact) mass is 258 g/mol. The smallest absolute Gasteiger partial charge is 0.0253 e. The second-order valence-corrected chi connectivity index (χ2v) is 4.83. The van der Waals surface area contributed by atoms with Crippen LogP contribution in [0.3, 0.4) is 0 Å². The van der Waals surface area contributed by atoms with Gasteiger partial charge in [-0.25, -0.2) is 0 Å². The number of thiol groups is 2. The Labute approximate surface area is 113 Å². The lowest BCUT2D eigenvalue weighted by atomic mass is 10.1. The van der Waals surface area contributed by atoms with Gasteiger partial charge >= 0.3 is 0 Å². The highest BCUT2D eigenvalue weighted by atomic mass is 32.1. The molecule has 0 unspecified atom stereocenters. The van der Waals surface area contributed by atoms with Gasteiger partial charge in [0, 0.05) is 9.81 Å². The first-order valence-electron chi connectivity index (χ1n) is 5.43. The number of hydrogen-bond donors (Lipinski definition) is 2. The number of benzene rings is 2. The van der Waals surface area contributed by atoms with Crippen molar-refractivity contribution in [1.82, 2.24) is 0 Å². The summed E-state index contributed by atoms with van der Waals surface area (Å²) < 4.78 is 0. The molecule has 0 saturated heterocycles. The zero-order valence-corrected chi connectivity index (χ0v) is 11.4. The summed E-state index contributed by atoms with van der Waals surface area (Å²) in [7, 11) is 0. The summed E-state index contributed by atoms with van der Waals surface area (Å²) in [5.41, 5.74) is 3.41. The zero-order chi connectivity index (χ0) is 12.3. The maximum absolute atomic E-state index is 4.58. The van der Waals surface area contributed by atoms with Crippen LogP contribution in [0.1, 0.15) is 16.7 Å². The molecule has 0 aliphatic carbocycles. The third-order valence-electron chi connectivity index (χ3n) is 2.56. The minimum absolute atomic E-state index is 0.902. The highest BCUT2D eigenvalue weighted by Crippen LogP contribution is 2.31. The third-order valence-corrected chi connectivity index (χ3v) is 3.70. The lowest BCUT2D eigenvalue weighted by molar-refractivity contribution is 1.46. The highest BCUT2D eigenvalue weighted by Gasteiger charge is 2.04. The van der Waals surface area contributed by atoms with Gasteiger partial charge in [0.05, 0.1) is 0 Å². The first kappa shape index (κ1) is 12.3. The quantitative estimate of drug-likeness (QED) is 0.567. The van der Waals surface area contributed by atoms with Gasteiger partial charge in [0.2, 0.25) is 0 Å². The molecule has 86 valence electrons. The van der Waals surface area contributed by atoms with E-state index in [1.165, 1.54) is 5.56 Å². The van der Waals surface area contributed by atoms with Gasteiger partial charge in [-0.1, -0.05) is 60.2 Å². The molecule has 2 heteroatoms. The lowest BCUT2D eigenvalue weighted by Gasteiger charge is -2.07. The van der Waals surface area contributed by atoms with E-state index in [0.717, 1.165) is 20.9 Å². The molecule has 0 aromatic heterocycles. The molecule has 0 aliphatic rings. The van der Waals surface area contributed by atoms with E-state index in [2.05, 4.69) is 50.4 Å². The summed E-state index contributed by atoms with van der Waals surface area (Å²) in [5, 5.41) is 0. The van der Waals surface area contributed by atoms with Crippen molar-refractivity contribution in [2.45, 2.75) is 6.92 Å². The van der Waals surface area contributed by atoms with Crippen molar-refractivity contribution in [2.24, 2.45) is 0 Å². The molecule has 0 fully saturated rings. The van der Waals surface area contributed by atoms with Gasteiger partial charge in [0.15, 0.2) is 0 Å². The Kier molecular flexibility index (Phi) is 3.97. The zero-order valence-electron chi connectivity index (χ0n) is 9.59. The van der Waals surface area contributed by atoms with Crippen LogP contribution in [0, 0.1) is 6.92 Å². The number of hydrogen-bond acceptors (Lipinski definition) is 2. The van der Waals surface area contributed by atoms with Crippen molar-refractivity contribution in [3.63, 3.8) is 0 Å². The standard InChI is InChI=1S/C15H14S2/c1-11-6-5-9-13(10-11)15(17)14(16)12-7-3-2-4-8-12/h2-10,16-17H,1H3. The van der Waals surface area contributed by atoms with Crippen molar-refractivity contribution in [2.75, 3.05) is 0 Å². The van der Waals surface area contributed by atoms with Gasteiger partial charge < -0.3 is 0 Å². The van der Waals surface area contributed by atoms with E-state index >= 15 is 0 Å². The minimum Gasteiger partial charge on any atom is -0.142 e. The molecule has 0 saturated carbocycles. The first-order chi connectivity index (χ1) is 8.18. The number of aryl methyl sites for hydroxylation is 1. The molecule has 0 nitrogen and oxygen atoms in total. The molecule has 0 N–H and O–H groups in total. The van der Waals surface area contributed by atoms with Crippen LogP contribution in [0.5, 0.6) is 0 Å². The van der Waals surface area contributed by atoms with Crippen molar-refractivity contribution >= 4 is 35.1 Å². The van der Waals surface area contributed by atoms with Gasteiger partial charge in [0.1, 0.15) is 0 Å². The Morgan fingerprint density at radius 2 is 1.35 bits per heavy atom. The molecule has 0 amide bonds. The molecule has 0 spiro atoms. The average molecular weight is 258 g/mol. The number of rotatable bonds is 2. The van der Waals surface area contributed by atoms with Crippen molar-refractivity contribution in [3.05, 3.63) is 71.3 Å². The van der Waals surface area contributed by atoms with Crippen LogP contribution in [0.2, 0.25) is 0 Å². The van der Waals surface area contributed by atoms with Crippen LogP contribution in [0.25, 0.3) is 9.81 Å². The lowest BCUT2D eigenvalue weighted by Crippen LogP contribution is -1.83. The molecule has 0 radical (unpaired) electrons. The molecule has 2 aromatic carbocycles. The summed E-state index contributed by atoms with van der Waals surface area (Å²) in [5.74, 6) is 0. The minimum atomic E-state index is 0.902. The largest absolute Gasteiger partial charge is 0.142 e. The molecular formula is C15H14S2. The van der Waals surface area contributed by atoms with Gasteiger partial charge in [-0.2, -0.15) is 0 Å². The van der Waals surface area contributed by atoms with Crippen LogP contribution in [0.15, 0.2) is 54.6 Å². The summed E-state index contributed by atoms with van der Waals surface area (Å²) in [4.78, 5) is 1.81. The Morgan fingerprint density at radius 1 is 0.765 bits per heavy atom. The van der Waals surface area contributed by atoms with E-state index < -0.39 is 0 Å². The van der Waals surface area contributed by atoms with E-state index in [9.17, 15) is 0 Å². The molecule has 2 rings (SSSR count).